The third-order valence-corrected chi connectivity index (χ3v) is 5.89. The quantitative estimate of drug-likeness (QED) is 0.740. The number of hydrogen-bond acceptors (Lipinski definition) is 3. The number of nitrogens with one attached hydrogen (secondary N) is 2. The molecule has 25 heavy (non-hydrogen) atoms. The van der Waals surface area contributed by atoms with Crippen LogP contribution >= 0.6 is 15.9 Å². The summed E-state index contributed by atoms with van der Waals surface area (Å²) < 4.78 is 28.3. The number of halogens is 1. The Balaban J connectivity index is 2.19. The first-order valence-electron chi connectivity index (χ1n) is 7.89. The minimum Gasteiger partial charge on any atom is -0.324 e. The van der Waals surface area contributed by atoms with Gasteiger partial charge in [0.25, 0.3) is 0 Å². The Kier molecular flexibility index (Phi) is 6.37. The summed E-state index contributed by atoms with van der Waals surface area (Å²) in [6, 6.07) is 11.1. The fourth-order valence-corrected chi connectivity index (χ4v) is 3.96. The summed E-state index contributed by atoms with van der Waals surface area (Å²) in [4.78, 5) is 12.7. The molecule has 0 aliphatic heterocycles. The Morgan fingerprint density at radius 1 is 1.08 bits per heavy atom. The molecule has 2 N–H and O–H groups in total. The summed E-state index contributed by atoms with van der Waals surface area (Å²) in [6.45, 7) is 5.56. The van der Waals surface area contributed by atoms with Gasteiger partial charge in [-0.2, -0.15) is 4.72 Å². The first-order valence-corrected chi connectivity index (χ1v) is 10.2. The fraction of sp³-hybridized carbons (Fsp3) is 0.278. The van der Waals surface area contributed by atoms with Crippen LogP contribution in [0.15, 0.2) is 51.8 Å². The maximum atomic E-state index is 12.6. The average molecular weight is 425 g/mol. The number of rotatable bonds is 6. The molecule has 0 aliphatic carbocycles. The molecule has 0 saturated heterocycles. The van der Waals surface area contributed by atoms with Gasteiger partial charge in [-0.1, -0.05) is 41.1 Å². The second-order valence-corrected chi connectivity index (χ2v) is 8.42. The van der Waals surface area contributed by atoms with Crippen LogP contribution < -0.4 is 10.0 Å². The van der Waals surface area contributed by atoms with Gasteiger partial charge < -0.3 is 5.32 Å². The highest BCUT2D eigenvalue weighted by molar-refractivity contribution is 9.10. The van der Waals surface area contributed by atoms with Crippen molar-refractivity contribution < 1.29 is 13.2 Å². The van der Waals surface area contributed by atoms with Crippen LogP contribution in [0.2, 0.25) is 0 Å². The molecule has 2 rings (SSSR count). The van der Waals surface area contributed by atoms with E-state index in [2.05, 4.69) is 26.0 Å². The molecule has 5 nitrogen and oxygen atoms in total. The molecule has 0 aromatic heterocycles. The molecule has 0 radical (unpaired) electrons. The van der Waals surface area contributed by atoms with E-state index >= 15 is 0 Å². The Hall–Kier alpha value is -1.70. The monoisotopic (exact) mass is 424 g/mol. The smallest absolute Gasteiger partial charge is 0.242 e. The van der Waals surface area contributed by atoms with Crippen LogP contribution in [-0.4, -0.2) is 20.4 Å². The number of amides is 1. The fourth-order valence-electron chi connectivity index (χ4n) is 2.41. The SMILES string of the molecule is CCC(NS(=O)(=O)c1ccc(Br)cc1)C(=O)Nc1c(C)cccc1C. The predicted octanol–water partition coefficient (Wildman–Crippen LogP) is 3.76. The van der Waals surface area contributed by atoms with E-state index in [1.807, 2.05) is 32.0 Å². The number of aryl methyl sites for hydroxylation is 2. The van der Waals surface area contributed by atoms with Gasteiger partial charge in [0.15, 0.2) is 0 Å². The summed E-state index contributed by atoms with van der Waals surface area (Å²) in [7, 11) is -3.78. The van der Waals surface area contributed by atoms with Crippen LogP contribution in [0.3, 0.4) is 0 Å². The van der Waals surface area contributed by atoms with E-state index in [0.29, 0.717) is 12.1 Å². The molecule has 2 aromatic carbocycles. The number of sulfonamides is 1. The minimum atomic E-state index is -3.78. The van der Waals surface area contributed by atoms with Crippen molar-refractivity contribution in [3.05, 3.63) is 58.1 Å². The van der Waals surface area contributed by atoms with Crippen molar-refractivity contribution in [3.8, 4) is 0 Å². The number of para-hydroxylation sites is 1. The lowest BCUT2D eigenvalue weighted by Crippen LogP contribution is -2.43. The lowest BCUT2D eigenvalue weighted by atomic mass is 10.1. The lowest BCUT2D eigenvalue weighted by molar-refractivity contribution is -0.117. The van der Waals surface area contributed by atoms with Crippen molar-refractivity contribution >= 4 is 37.5 Å². The molecule has 0 fully saturated rings. The average Bonchev–Trinajstić information content (AvgIpc) is 2.56. The summed E-state index contributed by atoms with van der Waals surface area (Å²) in [5.41, 5.74) is 2.58. The first-order chi connectivity index (χ1) is 11.7. The summed E-state index contributed by atoms with van der Waals surface area (Å²) >= 11 is 3.27. The van der Waals surface area contributed by atoms with Crippen molar-refractivity contribution in [2.24, 2.45) is 0 Å². The van der Waals surface area contributed by atoms with Gasteiger partial charge in [-0.05, 0) is 55.7 Å². The van der Waals surface area contributed by atoms with Crippen LogP contribution in [0, 0.1) is 13.8 Å². The highest BCUT2D eigenvalue weighted by Gasteiger charge is 2.25. The number of hydrogen-bond donors (Lipinski definition) is 2. The predicted molar refractivity (Wildman–Crippen MR) is 103 cm³/mol. The molecule has 0 aliphatic rings. The highest BCUT2D eigenvalue weighted by Crippen LogP contribution is 2.20. The van der Waals surface area contributed by atoms with Crippen molar-refractivity contribution in [1.82, 2.24) is 4.72 Å². The Bertz CT molecular complexity index is 844. The molecular formula is C18H21BrN2O3S. The molecule has 2 aromatic rings. The summed E-state index contributed by atoms with van der Waals surface area (Å²) in [5.74, 6) is -0.374. The van der Waals surface area contributed by atoms with Gasteiger partial charge >= 0.3 is 0 Å². The zero-order chi connectivity index (χ0) is 18.6. The van der Waals surface area contributed by atoms with Gasteiger partial charge in [-0.25, -0.2) is 8.42 Å². The van der Waals surface area contributed by atoms with Crippen molar-refractivity contribution in [2.75, 3.05) is 5.32 Å². The maximum absolute atomic E-state index is 12.6. The highest BCUT2D eigenvalue weighted by atomic mass is 79.9. The van der Waals surface area contributed by atoms with Crippen LogP contribution in [0.4, 0.5) is 5.69 Å². The minimum absolute atomic E-state index is 0.119. The molecule has 1 amide bonds. The Morgan fingerprint density at radius 3 is 2.16 bits per heavy atom. The lowest BCUT2D eigenvalue weighted by Gasteiger charge is -2.19. The topological polar surface area (TPSA) is 75.3 Å². The van der Waals surface area contributed by atoms with E-state index in [1.54, 1.807) is 19.1 Å². The molecule has 0 bridgehead atoms. The maximum Gasteiger partial charge on any atom is 0.242 e. The normalized spacial score (nSPS) is 12.6. The van der Waals surface area contributed by atoms with Crippen LogP contribution in [0.5, 0.6) is 0 Å². The van der Waals surface area contributed by atoms with Crippen molar-refractivity contribution in [2.45, 2.75) is 38.1 Å². The van der Waals surface area contributed by atoms with Gasteiger partial charge in [0.05, 0.1) is 4.90 Å². The number of carbonyl (C=O) groups is 1. The summed E-state index contributed by atoms with van der Waals surface area (Å²) in [6.07, 6.45) is 0.340. The molecular weight excluding hydrogens is 404 g/mol. The second kappa shape index (κ2) is 8.12. The molecule has 0 spiro atoms. The molecule has 1 unspecified atom stereocenters. The van der Waals surface area contributed by atoms with E-state index < -0.39 is 16.1 Å². The van der Waals surface area contributed by atoms with Gasteiger partial charge in [-0.3, -0.25) is 4.79 Å². The zero-order valence-corrected chi connectivity index (χ0v) is 16.7. The first kappa shape index (κ1) is 19.6. The molecule has 0 heterocycles. The van der Waals surface area contributed by atoms with E-state index in [1.165, 1.54) is 12.1 Å². The van der Waals surface area contributed by atoms with E-state index in [9.17, 15) is 13.2 Å². The summed E-state index contributed by atoms with van der Waals surface area (Å²) in [5, 5.41) is 2.84. The van der Waals surface area contributed by atoms with Gasteiger partial charge in [0.2, 0.25) is 15.9 Å². The number of anilines is 1. The van der Waals surface area contributed by atoms with Crippen LogP contribution in [0.1, 0.15) is 24.5 Å². The van der Waals surface area contributed by atoms with Crippen molar-refractivity contribution in [3.63, 3.8) is 0 Å². The van der Waals surface area contributed by atoms with Crippen molar-refractivity contribution in [1.29, 1.82) is 0 Å². The molecule has 0 saturated carbocycles. The van der Waals surface area contributed by atoms with Gasteiger partial charge in [-0.15, -0.1) is 0 Å². The largest absolute Gasteiger partial charge is 0.324 e. The van der Waals surface area contributed by atoms with E-state index in [0.717, 1.165) is 15.6 Å². The van der Waals surface area contributed by atoms with E-state index in [4.69, 9.17) is 0 Å². The number of carbonyl (C=O) groups excluding carboxylic acids is 1. The molecule has 134 valence electrons. The van der Waals surface area contributed by atoms with Gasteiger partial charge in [0.1, 0.15) is 6.04 Å². The molecule has 7 heteroatoms. The number of benzene rings is 2. The standard InChI is InChI=1S/C18H21BrN2O3S/c1-4-16(18(22)20-17-12(2)6-5-7-13(17)3)21-25(23,24)15-10-8-14(19)9-11-15/h5-11,16,21H,4H2,1-3H3,(H,20,22). The van der Waals surface area contributed by atoms with Crippen LogP contribution in [0.25, 0.3) is 0 Å². The Labute approximate surface area is 157 Å². The second-order valence-electron chi connectivity index (χ2n) is 5.79. The van der Waals surface area contributed by atoms with Crippen LogP contribution in [-0.2, 0) is 14.8 Å². The Morgan fingerprint density at radius 2 is 1.64 bits per heavy atom. The van der Waals surface area contributed by atoms with E-state index in [-0.39, 0.29) is 10.8 Å². The third-order valence-electron chi connectivity index (χ3n) is 3.88. The van der Waals surface area contributed by atoms with Gasteiger partial charge in [0, 0.05) is 10.2 Å². The zero-order valence-electron chi connectivity index (χ0n) is 14.3. The molecule has 1 atom stereocenters. The third kappa shape index (κ3) is 4.90.